The molecule has 1 aromatic carbocycles. The lowest BCUT2D eigenvalue weighted by molar-refractivity contribution is 0.291. The number of hydrogen-bond donors (Lipinski definition) is 0. The van der Waals surface area contributed by atoms with Gasteiger partial charge in [-0.3, -0.25) is 0 Å². The van der Waals surface area contributed by atoms with Crippen LogP contribution in [0.4, 0.5) is 0 Å². The van der Waals surface area contributed by atoms with Gasteiger partial charge in [-0.25, -0.2) is 4.98 Å². The maximum absolute atomic E-state index is 5.65. The third-order valence-electron chi connectivity index (χ3n) is 2.27. The average molecular weight is 278 g/mol. The smallest absolute Gasteiger partial charge is 0.228 e. The fraction of sp³-hybridized carbons (Fsp3) is 0.154. The largest absolute Gasteiger partial charge is 0.472 e. The molecule has 0 amide bonds. The van der Waals surface area contributed by atoms with Crippen LogP contribution in [0.2, 0.25) is 0 Å². The molecule has 0 radical (unpaired) electrons. The zero-order chi connectivity index (χ0) is 11.4. The molecular formula is C13H12BrNO. The molecule has 0 spiro atoms. The molecule has 1 heterocycles. The molecule has 0 fully saturated rings. The Morgan fingerprint density at radius 2 is 1.94 bits per heavy atom. The highest BCUT2D eigenvalue weighted by atomic mass is 79.9. The molecule has 1 aromatic heterocycles. The van der Waals surface area contributed by atoms with E-state index < -0.39 is 0 Å². The van der Waals surface area contributed by atoms with E-state index >= 15 is 0 Å². The molecule has 0 aliphatic rings. The lowest BCUT2D eigenvalue weighted by Gasteiger charge is -2.08. The van der Waals surface area contributed by atoms with Gasteiger partial charge in [-0.1, -0.05) is 30.3 Å². The summed E-state index contributed by atoms with van der Waals surface area (Å²) >= 11 is 3.47. The zero-order valence-corrected chi connectivity index (χ0v) is 10.6. The van der Waals surface area contributed by atoms with E-state index in [0.29, 0.717) is 12.5 Å². The van der Waals surface area contributed by atoms with Gasteiger partial charge in [0.15, 0.2) is 0 Å². The van der Waals surface area contributed by atoms with Crippen molar-refractivity contribution < 1.29 is 4.74 Å². The van der Waals surface area contributed by atoms with Gasteiger partial charge in [0.2, 0.25) is 5.88 Å². The van der Waals surface area contributed by atoms with E-state index in [2.05, 4.69) is 20.9 Å². The topological polar surface area (TPSA) is 22.1 Å². The van der Waals surface area contributed by atoms with Crippen molar-refractivity contribution in [3.8, 4) is 5.88 Å². The van der Waals surface area contributed by atoms with Gasteiger partial charge in [-0.05, 0) is 40.0 Å². The van der Waals surface area contributed by atoms with Gasteiger partial charge < -0.3 is 4.74 Å². The van der Waals surface area contributed by atoms with Crippen molar-refractivity contribution in [2.75, 3.05) is 0 Å². The minimum Gasteiger partial charge on any atom is -0.472 e. The number of halogens is 1. The van der Waals surface area contributed by atoms with Crippen LogP contribution in [0.15, 0.2) is 47.1 Å². The summed E-state index contributed by atoms with van der Waals surface area (Å²) < 4.78 is 6.57. The van der Waals surface area contributed by atoms with Crippen LogP contribution in [0.5, 0.6) is 5.88 Å². The molecule has 0 aliphatic heterocycles. The highest BCUT2D eigenvalue weighted by Crippen LogP contribution is 2.25. The maximum atomic E-state index is 5.65. The van der Waals surface area contributed by atoms with Crippen molar-refractivity contribution in [2.45, 2.75) is 13.5 Å². The monoisotopic (exact) mass is 277 g/mol. The van der Waals surface area contributed by atoms with Crippen molar-refractivity contribution in [1.82, 2.24) is 4.98 Å². The molecule has 2 rings (SSSR count). The number of nitrogens with zero attached hydrogens (tertiary/aromatic N) is 1. The highest BCUT2D eigenvalue weighted by molar-refractivity contribution is 9.10. The van der Waals surface area contributed by atoms with Crippen LogP contribution in [0, 0.1) is 6.92 Å². The van der Waals surface area contributed by atoms with Crippen LogP contribution >= 0.6 is 15.9 Å². The van der Waals surface area contributed by atoms with Gasteiger partial charge in [-0.2, -0.15) is 0 Å². The molecule has 0 saturated heterocycles. The van der Waals surface area contributed by atoms with Crippen molar-refractivity contribution in [2.24, 2.45) is 0 Å². The number of benzene rings is 1. The zero-order valence-electron chi connectivity index (χ0n) is 8.98. The van der Waals surface area contributed by atoms with E-state index in [0.717, 1.165) is 15.6 Å². The number of pyridine rings is 1. The second-order valence-corrected chi connectivity index (χ2v) is 4.31. The second-order valence-electron chi connectivity index (χ2n) is 3.52. The number of aromatic nitrogens is 1. The van der Waals surface area contributed by atoms with E-state index in [-0.39, 0.29) is 0 Å². The van der Waals surface area contributed by atoms with Crippen molar-refractivity contribution >= 4 is 15.9 Å². The first-order valence-electron chi connectivity index (χ1n) is 5.05. The first-order valence-corrected chi connectivity index (χ1v) is 5.84. The average Bonchev–Trinajstić information content (AvgIpc) is 2.32. The molecule has 2 aromatic rings. The Bertz CT molecular complexity index is 471. The fourth-order valence-electron chi connectivity index (χ4n) is 1.34. The molecule has 0 saturated carbocycles. The summed E-state index contributed by atoms with van der Waals surface area (Å²) in [6.45, 7) is 2.55. The van der Waals surface area contributed by atoms with Crippen LogP contribution < -0.4 is 4.74 Å². The van der Waals surface area contributed by atoms with Gasteiger partial charge in [0, 0.05) is 6.20 Å². The Kier molecular flexibility index (Phi) is 3.57. The Labute approximate surface area is 103 Å². The first kappa shape index (κ1) is 11.1. The molecule has 2 nitrogen and oxygen atoms in total. The van der Waals surface area contributed by atoms with Gasteiger partial charge in [0.05, 0.1) is 4.47 Å². The summed E-state index contributed by atoms with van der Waals surface area (Å²) in [6, 6.07) is 12.0. The maximum Gasteiger partial charge on any atom is 0.228 e. The van der Waals surface area contributed by atoms with Crippen molar-refractivity contribution in [3.63, 3.8) is 0 Å². The molecule has 16 heavy (non-hydrogen) atoms. The summed E-state index contributed by atoms with van der Waals surface area (Å²) in [5.41, 5.74) is 2.26. The van der Waals surface area contributed by atoms with Crippen LogP contribution in [0.1, 0.15) is 11.1 Å². The summed E-state index contributed by atoms with van der Waals surface area (Å²) in [5.74, 6) is 0.642. The number of rotatable bonds is 3. The predicted molar refractivity (Wildman–Crippen MR) is 67.4 cm³/mol. The summed E-state index contributed by atoms with van der Waals surface area (Å²) in [5, 5.41) is 0. The first-order chi connectivity index (χ1) is 7.77. The SMILES string of the molecule is Cc1ccnc(OCc2ccccc2)c1Br. The minimum atomic E-state index is 0.538. The van der Waals surface area contributed by atoms with Gasteiger partial charge >= 0.3 is 0 Å². The predicted octanol–water partition coefficient (Wildman–Crippen LogP) is 3.73. The van der Waals surface area contributed by atoms with E-state index in [9.17, 15) is 0 Å². The Balaban J connectivity index is 2.08. The van der Waals surface area contributed by atoms with E-state index in [4.69, 9.17) is 4.74 Å². The van der Waals surface area contributed by atoms with Gasteiger partial charge in [0.1, 0.15) is 6.61 Å². The molecule has 0 N–H and O–H groups in total. The lowest BCUT2D eigenvalue weighted by atomic mass is 10.2. The molecule has 0 atom stereocenters. The Morgan fingerprint density at radius 3 is 2.69 bits per heavy atom. The van der Waals surface area contributed by atoms with Crippen molar-refractivity contribution in [1.29, 1.82) is 0 Å². The van der Waals surface area contributed by atoms with Crippen LogP contribution in [0.25, 0.3) is 0 Å². The van der Waals surface area contributed by atoms with Gasteiger partial charge in [-0.15, -0.1) is 0 Å². The Hall–Kier alpha value is -1.35. The van der Waals surface area contributed by atoms with Gasteiger partial charge in [0.25, 0.3) is 0 Å². The molecule has 82 valence electrons. The molecule has 0 bridgehead atoms. The number of ether oxygens (including phenoxy) is 1. The standard InChI is InChI=1S/C13H12BrNO/c1-10-7-8-15-13(12(10)14)16-9-11-5-3-2-4-6-11/h2-8H,9H2,1H3. The van der Waals surface area contributed by atoms with E-state index in [1.54, 1.807) is 6.20 Å². The molecule has 3 heteroatoms. The normalized spacial score (nSPS) is 10.1. The van der Waals surface area contributed by atoms with Crippen molar-refractivity contribution in [3.05, 3.63) is 58.2 Å². The molecular weight excluding hydrogens is 266 g/mol. The molecule has 0 unspecified atom stereocenters. The second kappa shape index (κ2) is 5.12. The number of aryl methyl sites for hydroxylation is 1. The summed E-state index contributed by atoms with van der Waals surface area (Å²) in [7, 11) is 0. The third-order valence-corrected chi connectivity index (χ3v) is 3.23. The van der Waals surface area contributed by atoms with Crippen LogP contribution in [0.3, 0.4) is 0 Å². The summed E-state index contributed by atoms with van der Waals surface area (Å²) in [6.07, 6.45) is 1.75. The minimum absolute atomic E-state index is 0.538. The molecule has 0 aliphatic carbocycles. The van der Waals surface area contributed by atoms with Crippen LogP contribution in [-0.4, -0.2) is 4.98 Å². The third kappa shape index (κ3) is 2.61. The fourth-order valence-corrected chi connectivity index (χ4v) is 1.69. The van der Waals surface area contributed by atoms with E-state index in [1.807, 2.05) is 43.3 Å². The quantitative estimate of drug-likeness (QED) is 0.853. The lowest BCUT2D eigenvalue weighted by Crippen LogP contribution is -1.98. The van der Waals surface area contributed by atoms with Crippen LogP contribution in [-0.2, 0) is 6.61 Å². The summed E-state index contributed by atoms with van der Waals surface area (Å²) in [4.78, 5) is 4.19. The highest BCUT2D eigenvalue weighted by Gasteiger charge is 2.04. The van der Waals surface area contributed by atoms with E-state index in [1.165, 1.54) is 0 Å². The Morgan fingerprint density at radius 1 is 1.19 bits per heavy atom. The number of hydrogen-bond acceptors (Lipinski definition) is 2.